The first-order valence-electron chi connectivity index (χ1n) is 2.58. The van der Waals surface area contributed by atoms with Gasteiger partial charge < -0.3 is 9.79 Å². The summed E-state index contributed by atoms with van der Waals surface area (Å²) in [7, 11) is -8.54. The molecule has 1 atom stereocenters. The van der Waals surface area contributed by atoms with Crippen molar-refractivity contribution in [3.05, 3.63) is 0 Å². The third kappa shape index (κ3) is 6.85. The molecule has 0 saturated carbocycles. The highest BCUT2D eigenvalue weighted by Gasteiger charge is 2.36. The fourth-order valence-electron chi connectivity index (χ4n) is 0.323. The van der Waals surface area contributed by atoms with Gasteiger partial charge in [0.05, 0.1) is 0 Å². The van der Waals surface area contributed by atoms with E-state index in [-0.39, 0.29) is 0 Å². The van der Waals surface area contributed by atoms with Crippen LogP contribution < -0.4 is 0 Å². The van der Waals surface area contributed by atoms with E-state index in [2.05, 4.69) is 13.4 Å². The summed E-state index contributed by atoms with van der Waals surface area (Å²) in [6, 6.07) is 0. The Balaban J connectivity index is 4.48. The summed E-state index contributed by atoms with van der Waals surface area (Å²) in [6.45, 7) is 0. The minimum atomic E-state index is -4.99. The molecule has 0 saturated heterocycles. The third-order valence-corrected chi connectivity index (χ3v) is 3.63. The normalized spacial score (nSPS) is 17.4. The quantitative estimate of drug-likeness (QED) is 0.580. The molecule has 0 radical (unpaired) electrons. The van der Waals surface area contributed by atoms with Gasteiger partial charge in [0.15, 0.2) is 0 Å². The molecule has 0 aromatic heterocycles. The Kier molecular flexibility index (Phi) is 5.40. The summed E-state index contributed by atoms with van der Waals surface area (Å²) in [5, 5.41) is -1.59. The van der Waals surface area contributed by atoms with Crippen LogP contribution in [0.3, 0.4) is 0 Å². The highest BCUT2D eigenvalue weighted by Crippen LogP contribution is 2.61. The van der Waals surface area contributed by atoms with Gasteiger partial charge in [0.25, 0.3) is 0 Å². The second kappa shape index (κ2) is 5.07. The van der Waals surface area contributed by atoms with Crippen LogP contribution in [-0.4, -0.2) is 21.9 Å². The molecule has 0 spiro atoms. The van der Waals surface area contributed by atoms with Crippen molar-refractivity contribution in [2.24, 2.45) is 0 Å². The molecule has 0 amide bonds. The fourth-order valence-corrected chi connectivity index (χ4v) is 2.65. The van der Waals surface area contributed by atoms with E-state index in [9.17, 15) is 9.13 Å². The summed E-state index contributed by atoms with van der Waals surface area (Å²) in [5.74, 6) is 0. The lowest BCUT2D eigenvalue weighted by Crippen LogP contribution is -1.99. The molecule has 0 aromatic rings. The number of rotatable bonds is 5. The van der Waals surface area contributed by atoms with Gasteiger partial charge in [-0.05, 0) is 0 Å². The summed E-state index contributed by atoms with van der Waals surface area (Å²) in [5.41, 5.74) is 0. The Morgan fingerprint density at radius 3 is 2.00 bits per heavy atom. The molecule has 80 valence electrons. The largest absolute Gasteiger partial charge is 0.485 e. The van der Waals surface area contributed by atoms with Crippen molar-refractivity contribution in [1.29, 1.82) is 0 Å². The highest BCUT2D eigenvalue weighted by molar-refractivity contribution is 7.61. The molecule has 1 unspecified atom stereocenters. The monoisotopic (exact) mass is 274 g/mol. The number of phosphoric acid groups is 2. The molecule has 0 fully saturated rings. The number of hydrogen-bond donors (Lipinski definition) is 2. The number of alkyl halides is 2. The molecule has 0 heterocycles. The van der Waals surface area contributed by atoms with E-state index in [0.29, 0.717) is 0 Å². The first-order chi connectivity index (χ1) is 5.68. The van der Waals surface area contributed by atoms with Crippen molar-refractivity contribution in [1.82, 2.24) is 0 Å². The minimum Gasteiger partial charge on any atom is -0.302 e. The minimum absolute atomic E-state index is 0.854. The second-order valence-corrected chi connectivity index (χ2v) is 5.69. The number of phosphoric ester groups is 1. The van der Waals surface area contributed by atoms with Gasteiger partial charge in [0, 0.05) is 7.11 Å². The van der Waals surface area contributed by atoms with Crippen LogP contribution in [0.2, 0.25) is 0 Å². The molecular formula is C2H6Cl2O7P2. The zero-order chi connectivity index (χ0) is 10.7. The van der Waals surface area contributed by atoms with E-state index in [4.69, 9.17) is 33.0 Å². The van der Waals surface area contributed by atoms with Crippen molar-refractivity contribution in [2.45, 2.75) is 5.02 Å². The molecule has 0 bridgehead atoms. The van der Waals surface area contributed by atoms with Crippen LogP contribution in [-0.2, 0) is 22.5 Å². The molecule has 0 aliphatic rings. The molecule has 11 heteroatoms. The average Bonchev–Trinajstić information content (AvgIpc) is 1.81. The maximum Gasteiger partial charge on any atom is 0.485 e. The smallest absolute Gasteiger partial charge is 0.302 e. The van der Waals surface area contributed by atoms with Crippen LogP contribution in [0, 0.1) is 0 Å². The summed E-state index contributed by atoms with van der Waals surface area (Å²) in [4.78, 5) is 16.5. The molecule has 0 rings (SSSR count). The maximum absolute atomic E-state index is 11.1. The lowest BCUT2D eigenvalue weighted by atomic mass is 11.7. The Morgan fingerprint density at radius 1 is 1.31 bits per heavy atom. The average molecular weight is 275 g/mol. The lowest BCUT2D eigenvalue weighted by Gasteiger charge is -2.15. The Hall–Kier alpha value is 0.840. The van der Waals surface area contributed by atoms with E-state index in [1.54, 1.807) is 0 Å². The second-order valence-electron chi connectivity index (χ2n) is 1.57. The molecule has 2 N–H and O–H groups in total. The Bertz CT molecular complexity index is 247. The SMILES string of the molecule is COP(=O)(OC(Cl)Cl)OP(=O)(O)O. The van der Waals surface area contributed by atoms with Gasteiger partial charge in [-0.2, -0.15) is 4.31 Å². The van der Waals surface area contributed by atoms with E-state index in [1.807, 2.05) is 0 Å². The molecule has 0 aromatic carbocycles. The van der Waals surface area contributed by atoms with Gasteiger partial charge in [-0.15, -0.1) is 0 Å². The van der Waals surface area contributed by atoms with Crippen LogP contribution in [0.15, 0.2) is 0 Å². The van der Waals surface area contributed by atoms with Crippen LogP contribution in [0.4, 0.5) is 0 Å². The van der Waals surface area contributed by atoms with Gasteiger partial charge >= 0.3 is 15.6 Å². The lowest BCUT2D eigenvalue weighted by molar-refractivity contribution is 0.168. The summed E-state index contributed by atoms with van der Waals surface area (Å²) < 4.78 is 33.2. The van der Waals surface area contributed by atoms with E-state index >= 15 is 0 Å². The first-order valence-corrected chi connectivity index (χ1v) is 6.44. The number of hydrogen-bond acceptors (Lipinski definition) is 5. The van der Waals surface area contributed by atoms with Crippen LogP contribution in [0.5, 0.6) is 0 Å². The van der Waals surface area contributed by atoms with Crippen molar-refractivity contribution in [2.75, 3.05) is 7.11 Å². The standard InChI is InChI=1S/C2H6Cl2O7P2/c1-9-13(8,10-2(3)4)11-12(5,6)7/h2H,1H3,(H2,5,6,7). The fraction of sp³-hybridized carbons (Fsp3) is 1.00. The molecule has 0 aliphatic carbocycles. The first kappa shape index (κ1) is 13.8. The van der Waals surface area contributed by atoms with E-state index < -0.39 is 20.7 Å². The Morgan fingerprint density at radius 2 is 1.77 bits per heavy atom. The van der Waals surface area contributed by atoms with Gasteiger partial charge in [-0.1, -0.05) is 23.2 Å². The van der Waals surface area contributed by atoms with Crippen molar-refractivity contribution in [3.63, 3.8) is 0 Å². The van der Waals surface area contributed by atoms with Crippen molar-refractivity contribution < 1.29 is 32.3 Å². The van der Waals surface area contributed by atoms with Crippen LogP contribution in [0.25, 0.3) is 0 Å². The third-order valence-electron chi connectivity index (χ3n) is 0.639. The Labute approximate surface area is 83.7 Å². The molecular weight excluding hydrogens is 269 g/mol. The van der Waals surface area contributed by atoms with Crippen molar-refractivity contribution >= 4 is 38.8 Å². The van der Waals surface area contributed by atoms with Crippen LogP contribution in [0.1, 0.15) is 0 Å². The summed E-state index contributed by atoms with van der Waals surface area (Å²) in [6.07, 6.45) is 0. The van der Waals surface area contributed by atoms with Gasteiger partial charge in [-0.25, -0.2) is 9.13 Å². The summed E-state index contributed by atoms with van der Waals surface area (Å²) >= 11 is 10.1. The van der Waals surface area contributed by atoms with E-state index in [0.717, 1.165) is 7.11 Å². The molecule has 7 nitrogen and oxygen atoms in total. The maximum atomic E-state index is 11.1. The number of halogens is 2. The van der Waals surface area contributed by atoms with Gasteiger partial charge in [0.1, 0.15) is 0 Å². The van der Waals surface area contributed by atoms with Crippen molar-refractivity contribution in [3.8, 4) is 0 Å². The predicted molar refractivity (Wildman–Crippen MR) is 44.3 cm³/mol. The van der Waals surface area contributed by atoms with Gasteiger partial charge in [0.2, 0.25) is 5.02 Å². The zero-order valence-electron chi connectivity index (χ0n) is 6.16. The predicted octanol–water partition coefficient (Wildman–Crippen LogP) is 1.63. The molecule has 0 aliphatic heterocycles. The van der Waals surface area contributed by atoms with Crippen LogP contribution >= 0.6 is 38.8 Å². The van der Waals surface area contributed by atoms with Gasteiger partial charge in [-0.3, -0.25) is 9.05 Å². The zero-order valence-corrected chi connectivity index (χ0v) is 9.46. The topological polar surface area (TPSA) is 102 Å². The molecule has 13 heavy (non-hydrogen) atoms. The van der Waals surface area contributed by atoms with E-state index in [1.165, 1.54) is 0 Å². The highest BCUT2D eigenvalue weighted by atomic mass is 35.5.